The van der Waals surface area contributed by atoms with Crippen molar-refractivity contribution < 1.29 is 8.78 Å². The maximum atomic E-state index is 13.7. The van der Waals surface area contributed by atoms with Gasteiger partial charge in [0.15, 0.2) is 0 Å². The van der Waals surface area contributed by atoms with Crippen LogP contribution in [0.5, 0.6) is 0 Å². The van der Waals surface area contributed by atoms with Crippen LogP contribution in [-0.4, -0.2) is 37.6 Å². The number of nitrogens with zero attached hydrogens (tertiary/aromatic N) is 1. The van der Waals surface area contributed by atoms with Crippen molar-refractivity contribution in [3.63, 3.8) is 0 Å². The molecule has 17 heavy (non-hydrogen) atoms. The normalized spacial score (nSPS) is 17.4. The third-order valence-electron chi connectivity index (χ3n) is 2.98. The van der Waals surface area contributed by atoms with Crippen molar-refractivity contribution in [3.8, 4) is 0 Å². The summed E-state index contributed by atoms with van der Waals surface area (Å²) in [5.74, 6) is -0.741. The summed E-state index contributed by atoms with van der Waals surface area (Å²) < 4.78 is 27.0. The van der Waals surface area contributed by atoms with Crippen molar-refractivity contribution in [3.05, 3.63) is 33.8 Å². The molecular formula is C12H15BrF2N2. The molecule has 0 aromatic heterocycles. The molecule has 5 heteroatoms. The average Bonchev–Trinajstić information content (AvgIpc) is 2.33. The Labute approximate surface area is 108 Å². The van der Waals surface area contributed by atoms with Crippen molar-refractivity contribution in [1.29, 1.82) is 0 Å². The third-order valence-corrected chi connectivity index (χ3v) is 3.55. The van der Waals surface area contributed by atoms with E-state index in [1.54, 1.807) is 0 Å². The van der Waals surface area contributed by atoms with Gasteiger partial charge in [-0.1, -0.05) is 0 Å². The summed E-state index contributed by atoms with van der Waals surface area (Å²) in [6.07, 6.45) is 0.544. The number of piperazine rings is 1. The summed E-state index contributed by atoms with van der Waals surface area (Å²) in [6, 6.07) is 2.44. The second-order valence-corrected chi connectivity index (χ2v) is 5.06. The Morgan fingerprint density at radius 1 is 1.24 bits per heavy atom. The highest BCUT2D eigenvalue weighted by atomic mass is 79.9. The van der Waals surface area contributed by atoms with Gasteiger partial charge in [-0.3, -0.25) is 0 Å². The van der Waals surface area contributed by atoms with E-state index < -0.39 is 5.82 Å². The smallest absolute Gasteiger partial charge is 0.140 e. The standard InChI is InChI=1S/C12H15BrF2N2/c13-11-8-10(14)7-9(12(11)15)1-4-17-5-2-16-3-6-17/h7-8,16H,1-6H2. The topological polar surface area (TPSA) is 15.3 Å². The summed E-state index contributed by atoms with van der Waals surface area (Å²) in [5.41, 5.74) is 0.440. The number of hydrogen-bond acceptors (Lipinski definition) is 2. The minimum absolute atomic E-state index is 0.202. The molecule has 0 radical (unpaired) electrons. The summed E-state index contributed by atoms with van der Waals surface area (Å²) in [5, 5.41) is 3.26. The Morgan fingerprint density at radius 3 is 2.65 bits per heavy atom. The Hall–Kier alpha value is -0.520. The summed E-state index contributed by atoms with van der Waals surface area (Å²) in [6.45, 7) is 4.65. The fraction of sp³-hybridized carbons (Fsp3) is 0.500. The van der Waals surface area contributed by atoms with Crippen LogP contribution in [0.15, 0.2) is 16.6 Å². The lowest BCUT2D eigenvalue weighted by atomic mass is 10.1. The molecule has 0 amide bonds. The molecule has 94 valence electrons. The first kappa shape index (κ1) is 12.9. The first-order valence-corrected chi connectivity index (χ1v) is 6.52. The molecule has 0 atom stereocenters. The molecule has 1 aliphatic rings. The molecular weight excluding hydrogens is 290 g/mol. The molecule has 1 aliphatic heterocycles. The zero-order chi connectivity index (χ0) is 12.3. The lowest BCUT2D eigenvalue weighted by molar-refractivity contribution is 0.243. The van der Waals surface area contributed by atoms with Crippen LogP contribution in [0.1, 0.15) is 5.56 Å². The van der Waals surface area contributed by atoms with E-state index in [4.69, 9.17) is 0 Å². The Kier molecular flexibility index (Phi) is 4.48. The van der Waals surface area contributed by atoms with Crippen LogP contribution < -0.4 is 5.32 Å². The molecule has 2 nitrogen and oxygen atoms in total. The van der Waals surface area contributed by atoms with Gasteiger partial charge >= 0.3 is 0 Å². The summed E-state index contributed by atoms with van der Waals surface area (Å²) in [4.78, 5) is 2.26. The quantitative estimate of drug-likeness (QED) is 0.861. The lowest BCUT2D eigenvalue weighted by Gasteiger charge is -2.27. The molecule has 1 N–H and O–H groups in total. The van der Waals surface area contributed by atoms with Crippen LogP contribution in [0.25, 0.3) is 0 Å². The molecule has 2 rings (SSSR count). The van der Waals surface area contributed by atoms with E-state index in [0.29, 0.717) is 12.0 Å². The molecule has 0 spiro atoms. The zero-order valence-corrected chi connectivity index (χ0v) is 11.1. The van der Waals surface area contributed by atoms with Crippen LogP contribution in [-0.2, 0) is 6.42 Å². The van der Waals surface area contributed by atoms with Crippen molar-refractivity contribution in [2.24, 2.45) is 0 Å². The summed E-state index contributed by atoms with van der Waals surface area (Å²) >= 11 is 3.02. The van der Waals surface area contributed by atoms with Gasteiger partial charge in [0.2, 0.25) is 0 Å². The first-order chi connectivity index (χ1) is 8.16. The Bertz CT molecular complexity index is 392. The van der Waals surface area contributed by atoms with Gasteiger partial charge in [0.1, 0.15) is 11.6 Å². The molecule has 0 bridgehead atoms. The first-order valence-electron chi connectivity index (χ1n) is 5.73. The van der Waals surface area contributed by atoms with Gasteiger partial charge in [0, 0.05) is 32.7 Å². The van der Waals surface area contributed by atoms with Crippen molar-refractivity contribution in [2.45, 2.75) is 6.42 Å². The molecule has 1 fully saturated rings. The number of benzene rings is 1. The third kappa shape index (κ3) is 3.47. The van der Waals surface area contributed by atoms with E-state index in [9.17, 15) is 8.78 Å². The second-order valence-electron chi connectivity index (χ2n) is 4.20. The molecule has 0 unspecified atom stereocenters. The average molecular weight is 305 g/mol. The lowest BCUT2D eigenvalue weighted by Crippen LogP contribution is -2.44. The maximum Gasteiger partial charge on any atom is 0.140 e. The van der Waals surface area contributed by atoms with Crippen LogP contribution in [0.3, 0.4) is 0 Å². The number of nitrogens with one attached hydrogen (secondary N) is 1. The fourth-order valence-corrected chi connectivity index (χ4v) is 2.48. The van der Waals surface area contributed by atoms with Crippen molar-refractivity contribution >= 4 is 15.9 Å². The van der Waals surface area contributed by atoms with Crippen molar-refractivity contribution in [2.75, 3.05) is 32.7 Å². The number of rotatable bonds is 3. The van der Waals surface area contributed by atoms with E-state index >= 15 is 0 Å². The zero-order valence-electron chi connectivity index (χ0n) is 9.48. The van der Waals surface area contributed by atoms with Crippen molar-refractivity contribution in [1.82, 2.24) is 10.2 Å². The monoisotopic (exact) mass is 304 g/mol. The van der Waals surface area contributed by atoms with E-state index in [1.807, 2.05) is 0 Å². The van der Waals surface area contributed by atoms with Gasteiger partial charge in [0.05, 0.1) is 4.47 Å². The highest BCUT2D eigenvalue weighted by molar-refractivity contribution is 9.10. The predicted octanol–water partition coefficient (Wildman–Crippen LogP) is 2.17. The summed E-state index contributed by atoms with van der Waals surface area (Å²) in [7, 11) is 0. The largest absolute Gasteiger partial charge is 0.314 e. The fourth-order valence-electron chi connectivity index (χ4n) is 2.00. The Morgan fingerprint density at radius 2 is 1.94 bits per heavy atom. The number of halogens is 3. The molecule has 1 heterocycles. The van der Waals surface area contributed by atoms with Gasteiger partial charge in [-0.2, -0.15) is 0 Å². The van der Waals surface area contributed by atoms with Gasteiger partial charge in [-0.05, 0) is 40.0 Å². The molecule has 0 aliphatic carbocycles. The second kappa shape index (κ2) is 5.89. The highest BCUT2D eigenvalue weighted by Gasteiger charge is 2.13. The van der Waals surface area contributed by atoms with Crippen LogP contribution >= 0.6 is 15.9 Å². The van der Waals surface area contributed by atoms with Crippen LogP contribution in [0.4, 0.5) is 8.78 Å². The predicted molar refractivity (Wildman–Crippen MR) is 67.1 cm³/mol. The molecule has 0 saturated carbocycles. The van der Waals surface area contributed by atoms with Gasteiger partial charge in [0.25, 0.3) is 0 Å². The van der Waals surface area contributed by atoms with E-state index in [2.05, 4.69) is 26.1 Å². The van der Waals surface area contributed by atoms with E-state index in [0.717, 1.165) is 38.8 Å². The van der Waals surface area contributed by atoms with Gasteiger partial charge in [-0.15, -0.1) is 0 Å². The molecule has 1 aromatic carbocycles. The Balaban J connectivity index is 1.98. The van der Waals surface area contributed by atoms with Crippen LogP contribution in [0, 0.1) is 11.6 Å². The number of hydrogen-bond donors (Lipinski definition) is 1. The maximum absolute atomic E-state index is 13.7. The van der Waals surface area contributed by atoms with Gasteiger partial charge in [-0.25, -0.2) is 8.78 Å². The molecule has 1 aromatic rings. The minimum Gasteiger partial charge on any atom is -0.314 e. The molecule has 1 saturated heterocycles. The van der Waals surface area contributed by atoms with E-state index in [1.165, 1.54) is 6.07 Å². The van der Waals surface area contributed by atoms with Crippen LogP contribution in [0.2, 0.25) is 0 Å². The van der Waals surface area contributed by atoms with Gasteiger partial charge < -0.3 is 10.2 Å². The highest BCUT2D eigenvalue weighted by Crippen LogP contribution is 2.21. The minimum atomic E-state index is -0.395. The van der Waals surface area contributed by atoms with E-state index in [-0.39, 0.29) is 10.3 Å². The SMILES string of the molecule is Fc1cc(Br)c(F)c(CCN2CCNCC2)c1.